The first-order valence-corrected chi connectivity index (χ1v) is 9.13. The zero-order valence-electron chi connectivity index (χ0n) is 13.6. The van der Waals surface area contributed by atoms with Gasteiger partial charge in [-0.3, -0.25) is 4.79 Å². The highest BCUT2D eigenvalue weighted by atomic mass is 32.2. The molecule has 1 atom stereocenters. The van der Waals surface area contributed by atoms with E-state index >= 15 is 0 Å². The third-order valence-electron chi connectivity index (χ3n) is 3.93. The van der Waals surface area contributed by atoms with Gasteiger partial charge in [0, 0.05) is 25.2 Å². The Hall–Kier alpha value is -1.40. The van der Waals surface area contributed by atoms with E-state index in [1.165, 1.54) is 6.92 Å². The third-order valence-corrected chi connectivity index (χ3v) is 5.39. The van der Waals surface area contributed by atoms with Crippen molar-refractivity contribution in [2.24, 2.45) is 5.92 Å². The second-order valence-corrected chi connectivity index (χ2v) is 8.08. The predicted octanol–water partition coefficient (Wildman–Crippen LogP) is 2.31. The molecule has 1 aliphatic rings. The predicted molar refractivity (Wildman–Crippen MR) is 87.4 cm³/mol. The van der Waals surface area contributed by atoms with Crippen molar-refractivity contribution in [3.05, 3.63) is 23.8 Å². The van der Waals surface area contributed by atoms with Crippen molar-refractivity contribution in [1.29, 1.82) is 0 Å². The van der Waals surface area contributed by atoms with Crippen LogP contribution in [-0.4, -0.2) is 26.9 Å². The topological polar surface area (TPSA) is 66.5 Å². The van der Waals surface area contributed by atoms with Crippen LogP contribution in [0, 0.1) is 5.92 Å². The highest BCUT2D eigenvalue weighted by Gasteiger charge is 2.30. The smallest absolute Gasteiger partial charge is 0.240 e. The van der Waals surface area contributed by atoms with Crippen molar-refractivity contribution < 1.29 is 13.2 Å². The molecule has 22 heavy (non-hydrogen) atoms. The van der Waals surface area contributed by atoms with Crippen LogP contribution in [0.4, 0.5) is 5.69 Å². The number of amides is 1. The second-order valence-electron chi connectivity index (χ2n) is 6.31. The highest BCUT2D eigenvalue weighted by molar-refractivity contribution is 7.89. The van der Waals surface area contributed by atoms with E-state index < -0.39 is 10.0 Å². The Labute approximate surface area is 132 Å². The van der Waals surface area contributed by atoms with Gasteiger partial charge >= 0.3 is 0 Å². The van der Waals surface area contributed by atoms with Gasteiger partial charge in [-0.25, -0.2) is 13.1 Å². The Bertz CT molecular complexity index is 668. The summed E-state index contributed by atoms with van der Waals surface area (Å²) < 4.78 is 27.3. The van der Waals surface area contributed by atoms with Crippen molar-refractivity contribution >= 4 is 21.6 Å². The largest absolute Gasteiger partial charge is 0.309 e. The lowest BCUT2D eigenvalue weighted by Gasteiger charge is -2.20. The van der Waals surface area contributed by atoms with Gasteiger partial charge in [0.2, 0.25) is 15.9 Å². The van der Waals surface area contributed by atoms with Crippen molar-refractivity contribution in [2.75, 3.05) is 11.4 Å². The SMILES string of the molecule is CC(=O)N1c2ccc(S(=O)(=O)NCCC(C)C)cc2C[C@H]1C. The Kier molecular flexibility index (Phi) is 4.92. The summed E-state index contributed by atoms with van der Waals surface area (Å²) in [5.74, 6) is 0.435. The van der Waals surface area contributed by atoms with E-state index in [0.29, 0.717) is 18.9 Å². The molecule has 1 amide bonds. The number of hydrogen-bond donors (Lipinski definition) is 1. The molecule has 2 rings (SSSR count). The zero-order chi connectivity index (χ0) is 16.5. The van der Waals surface area contributed by atoms with Crippen LogP contribution in [0.25, 0.3) is 0 Å². The van der Waals surface area contributed by atoms with Gasteiger partial charge < -0.3 is 4.90 Å². The Morgan fingerprint density at radius 3 is 2.68 bits per heavy atom. The van der Waals surface area contributed by atoms with Crippen molar-refractivity contribution in [1.82, 2.24) is 4.72 Å². The van der Waals surface area contributed by atoms with Crippen LogP contribution in [0.3, 0.4) is 0 Å². The standard InChI is InChI=1S/C16H24N2O3S/c1-11(2)7-8-17-22(20,21)15-5-6-16-14(10-15)9-12(3)18(16)13(4)19/h5-6,10-12,17H,7-9H2,1-4H3/t12-/m1/s1. The summed E-state index contributed by atoms with van der Waals surface area (Å²) in [6, 6.07) is 5.06. The van der Waals surface area contributed by atoms with Gasteiger partial charge in [-0.2, -0.15) is 0 Å². The molecule has 1 aromatic carbocycles. The van der Waals surface area contributed by atoms with Crippen LogP contribution in [0.2, 0.25) is 0 Å². The number of sulfonamides is 1. The van der Waals surface area contributed by atoms with E-state index in [9.17, 15) is 13.2 Å². The van der Waals surface area contributed by atoms with Gasteiger partial charge in [-0.05, 0) is 49.4 Å². The molecule has 0 radical (unpaired) electrons. The van der Waals surface area contributed by atoms with Gasteiger partial charge in [0.25, 0.3) is 0 Å². The van der Waals surface area contributed by atoms with Crippen molar-refractivity contribution in [2.45, 2.75) is 51.5 Å². The van der Waals surface area contributed by atoms with E-state index in [0.717, 1.165) is 17.7 Å². The summed E-state index contributed by atoms with van der Waals surface area (Å²) in [4.78, 5) is 13.7. The summed E-state index contributed by atoms with van der Waals surface area (Å²) in [5, 5.41) is 0. The Morgan fingerprint density at radius 2 is 2.09 bits per heavy atom. The van der Waals surface area contributed by atoms with E-state index in [-0.39, 0.29) is 16.8 Å². The van der Waals surface area contributed by atoms with E-state index in [4.69, 9.17) is 0 Å². The molecule has 0 bridgehead atoms. The van der Waals surface area contributed by atoms with Crippen LogP contribution in [0.5, 0.6) is 0 Å². The van der Waals surface area contributed by atoms with Crippen LogP contribution in [-0.2, 0) is 21.2 Å². The summed E-state index contributed by atoms with van der Waals surface area (Å²) in [5.41, 5.74) is 1.73. The van der Waals surface area contributed by atoms with E-state index in [2.05, 4.69) is 18.6 Å². The number of hydrogen-bond acceptors (Lipinski definition) is 3. The van der Waals surface area contributed by atoms with Gasteiger partial charge in [-0.15, -0.1) is 0 Å². The number of nitrogens with one attached hydrogen (secondary N) is 1. The lowest BCUT2D eigenvalue weighted by molar-refractivity contribution is -0.116. The van der Waals surface area contributed by atoms with E-state index in [1.54, 1.807) is 23.1 Å². The first-order chi connectivity index (χ1) is 10.2. The molecule has 0 saturated heterocycles. The molecule has 122 valence electrons. The maximum absolute atomic E-state index is 12.3. The fourth-order valence-corrected chi connectivity index (χ4v) is 3.92. The summed E-state index contributed by atoms with van der Waals surface area (Å²) in [7, 11) is -3.49. The number of benzene rings is 1. The van der Waals surface area contributed by atoms with Gasteiger partial charge in [0.05, 0.1) is 4.90 Å². The normalized spacial score (nSPS) is 17.9. The zero-order valence-corrected chi connectivity index (χ0v) is 14.4. The van der Waals surface area contributed by atoms with Crippen LogP contribution < -0.4 is 9.62 Å². The molecule has 0 aliphatic carbocycles. The molecule has 5 nitrogen and oxygen atoms in total. The molecule has 0 fully saturated rings. The fraction of sp³-hybridized carbons (Fsp3) is 0.562. The molecule has 1 aliphatic heterocycles. The molecule has 1 N–H and O–H groups in total. The van der Waals surface area contributed by atoms with Crippen molar-refractivity contribution in [3.63, 3.8) is 0 Å². The summed E-state index contributed by atoms with van der Waals surface area (Å²) in [6.45, 7) is 8.05. The van der Waals surface area contributed by atoms with Gasteiger partial charge in [0.15, 0.2) is 0 Å². The molecule has 1 aromatic rings. The number of anilines is 1. The first-order valence-electron chi connectivity index (χ1n) is 7.64. The number of rotatable bonds is 5. The number of carbonyl (C=O) groups excluding carboxylic acids is 1. The number of carbonyl (C=O) groups is 1. The maximum Gasteiger partial charge on any atom is 0.240 e. The maximum atomic E-state index is 12.3. The lowest BCUT2D eigenvalue weighted by Crippen LogP contribution is -2.33. The summed E-state index contributed by atoms with van der Waals surface area (Å²) >= 11 is 0. The van der Waals surface area contributed by atoms with E-state index in [1.807, 2.05) is 6.92 Å². The highest BCUT2D eigenvalue weighted by Crippen LogP contribution is 2.33. The molecule has 1 heterocycles. The second kappa shape index (κ2) is 6.38. The molecular formula is C16H24N2O3S. The lowest BCUT2D eigenvalue weighted by atomic mass is 10.1. The molecule has 0 aromatic heterocycles. The Balaban J connectivity index is 2.22. The molecule has 0 spiro atoms. The minimum Gasteiger partial charge on any atom is -0.309 e. The molecular weight excluding hydrogens is 300 g/mol. The monoisotopic (exact) mass is 324 g/mol. The number of fused-ring (bicyclic) bond motifs is 1. The first kappa shape index (κ1) is 17.0. The van der Waals surface area contributed by atoms with Crippen molar-refractivity contribution in [3.8, 4) is 0 Å². The number of nitrogens with zero attached hydrogens (tertiary/aromatic N) is 1. The Morgan fingerprint density at radius 1 is 1.41 bits per heavy atom. The molecule has 6 heteroatoms. The quantitative estimate of drug-likeness (QED) is 0.904. The average Bonchev–Trinajstić information content (AvgIpc) is 2.72. The van der Waals surface area contributed by atoms with Gasteiger partial charge in [0.1, 0.15) is 0 Å². The van der Waals surface area contributed by atoms with Crippen LogP contribution >= 0.6 is 0 Å². The molecule has 0 saturated carbocycles. The minimum atomic E-state index is -3.49. The third kappa shape index (κ3) is 3.50. The molecule has 0 unspecified atom stereocenters. The minimum absolute atomic E-state index is 0.0167. The van der Waals surface area contributed by atoms with Gasteiger partial charge in [-0.1, -0.05) is 13.8 Å². The average molecular weight is 324 g/mol. The van der Waals surface area contributed by atoms with Crippen LogP contribution in [0.15, 0.2) is 23.1 Å². The van der Waals surface area contributed by atoms with Crippen LogP contribution in [0.1, 0.15) is 39.7 Å². The summed E-state index contributed by atoms with van der Waals surface area (Å²) in [6.07, 6.45) is 1.49. The fourth-order valence-electron chi connectivity index (χ4n) is 2.82.